The molecule has 8 atom stereocenters. The summed E-state index contributed by atoms with van der Waals surface area (Å²) in [5.74, 6) is -1.59. The van der Waals surface area contributed by atoms with Crippen LogP contribution in [0.25, 0.3) is 0 Å². The molecule has 0 spiro atoms. The third-order valence-electron chi connectivity index (χ3n) is 11.4. The summed E-state index contributed by atoms with van der Waals surface area (Å²) in [4.78, 5) is 62.0. The number of esters is 2. The zero-order chi connectivity index (χ0) is 53.6. The van der Waals surface area contributed by atoms with E-state index in [4.69, 9.17) is 29.0 Å². The molecule has 7 N–H and O–H groups in total. The molecule has 2 rings (SSSR count). The summed E-state index contributed by atoms with van der Waals surface area (Å²) in [6.45, 7) is 1.82. The highest BCUT2D eigenvalue weighted by molar-refractivity contribution is 7.61. The minimum Gasteiger partial charge on any atom is -0.462 e. The normalized spacial score (nSPS) is 20.0. The highest BCUT2D eigenvalue weighted by atomic mass is 31.3. The van der Waals surface area contributed by atoms with Gasteiger partial charge < -0.3 is 45.1 Å². The molecule has 0 aromatic carbocycles. The molecule has 0 aliphatic carbocycles. The molecule has 1 aromatic heterocycles. The van der Waals surface area contributed by atoms with Gasteiger partial charge in [0.2, 0.25) is 0 Å². The van der Waals surface area contributed by atoms with Gasteiger partial charge in [0.05, 0.1) is 19.3 Å². The molecule has 1 aliphatic heterocycles. The van der Waals surface area contributed by atoms with E-state index in [-0.39, 0.29) is 25.1 Å². The Hall–Kier alpha value is -3.84. The fraction of sp³-hybridized carbons (Fsp3) is 0.654. The maximum atomic E-state index is 12.9. The Morgan fingerprint density at radius 3 is 1.82 bits per heavy atom. The molecule has 19 nitrogen and oxygen atoms in total. The van der Waals surface area contributed by atoms with Crippen LogP contribution in [0.1, 0.15) is 168 Å². The summed E-state index contributed by atoms with van der Waals surface area (Å²) >= 11 is 0. The summed E-state index contributed by atoms with van der Waals surface area (Å²) in [7, 11) is -11.0. The number of anilines is 1. The van der Waals surface area contributed by atoms with Crippen molar-refractivity contribution in [1.82, 2.24) is 9.55 Å². The predicted octanol–water partition coefficient (Wildman–Crippen LogP) is 9.86. The van der Waals surface area contributed by atoms with E-state index in [0.717, 1.165) is 62.1 Å². The van der Waals surface area contributed by atoms with E-state index in [1.54, 1.807) is 12.2 Å². The summed E-state index contributed by atoms with van der Waals surface area (Å²) in [6, 6.07) is 1.23. The Balaban J connectivity index is 1.86. The molecule has 1 saturated heterocycles. The molecule has 21 heteroatoms. The van der Waals surface area contributed by atoms with Crippen molar-refractivity contribution in [2.75, 3.05) is 25.6 Å². The second-order valence-corrected chi connectivity index (χ2v) is 20.9. The van der Waals surface area contributed by atoms with E-state index in [1.807, 2.05) is 12.2 Å². The number of carbonyl (C=O) groups is 2. The first-order chi connectivity index (χ1) is 35.1. The zero-order valence-electron chi connectivity index (χ0n) is 43.0. The fourth-order valence-corrected chi connectivity index (χ4v) is 9.47. The molecule has 1 fully saturated rings. The average Bonchev–Trinajstić information content (AvgIpc) is 3.63. The van der Waals surface area contributed by atoms with Crippen molar-refractivity contribution in [3.63, 3.8) is 0 Å². The highest BCUT2D eigenvalue weighted by Crippen LogP contribution is 2.60. The second kappa shape index (κ2) is 39.6. The lowest BCUT2D eigenvalue weighted by molar-refractivity contribution is -0.161. The smallest absolute Gasteiger partial charge is 0.462 e. The number of ether oxygens (including phenoxy) is 3. The van der Waals surface area contributed by atoms with Crippen LogP contribution in [0.2, 0.25) is 0 Å². The van der Waals surface area contributed by atoms with Gasteiger partial charge in [0, 0.05) is 19.0 Å². The summed E-state index contributed by atoms with van der Waals surface area (Å²) < 4.78 is 56.6. The molecule has 414 valence electrons. The number of nitrogens with two attached hydrogens (primary N) is 1. The first kappa shape index (κ1) is 65.3. The van der Waals surface area contributed by atoms with Gasteiger partial charge in [-0.25, -0.2) is 13.9 Å². The van der Waals surface area contributed by atoms with Gasteiger partial charge in [0.1, 0.15) is 30.7 Å². The van der Waals surface area contributed by atoms with Crippen molar-refractivity contribution in [1.29, 1.82) is 0 Å². The van der Waals surface area contributed by atoms with Crippen molar-refractivity contribution < 1.29 is 71.4 Å². The Morgan fingerprint density at radius 1 is 0.726 bits per heavy atom. The number of rotatable bonds is 42. The van der Waals surface area contributed by atoms with Gasteiger partial charge in [-0.3, -0.25) is 23.2 Å². The molecule has 3 unspecified atom stereocenters. The van der Waals surface area contributed by atoms with E-state index >= 15 is 0 Å². The average molecular weight is 1070 g/mol. The predicted molar refractivity (Wildman–Crippen MR) is 281 cm³/mol. The van der Waals surface area contributed by atoms with Gasteiger partial charge in [0.15, 0.2) is 12.3 Å². The van der Waals surface area contributed by atoms with Crippen LogP contribution in [-0.4, -0.2) is 96.9 Å². The summed E-state index contributed by atoms with van der Waals surface area (Å²) in [6.07, 6.45) is 37.3. The number of carbonyl (C=O) groups excluding carboxylic acids is 2. The molecule has 0 bridgehead atoms. The number of phosphoric acid groups is 2. The molecule has 0 radical (unpaired) electrons. The Morgan fingerprint density at radius 2 is 1.26 bits per heavy atom. The van der Waals surface area contributed by atoms with Crippen LogP contribution in [0.4, 0.5) is 5.82 Å². The number of unbranched alkanes of at least 4 members (excludes halogenated alkanes) is 14. The van der Waals surface area contributed by atoms with Gasteiger partial charge in [0.25, 0.3) is 0 Å². The number of hydrogen-bond donors (Lipinski definition) is 6. The van der Waals surface area contributed by atoms with Gasteiger partial charge in [-0.05, 0) is 51.0 Å². The van der Waals surface area contributed by atoms with Gasteiger partial charge >= 0.3 is 33.3 Å². The van der Waals surface area contributed by atoms with Crippen LogP contribution < -0.4 is 11.4 Å². The Kier molecular flexibility index (Phi) is 35.4. The van der Waals surface area contributed by atoms with E-state index in [2.05, 4.69) is 65.7 Å². The third kappa shape index (κ3) is 32.3. The number of allylic oxidation sites excluding steroid dienone is 11. The summed E-state index contributed by atoms with van der Waals surface area (Å²) in [5, 5.41) is 31.4. The van der Waals surface area contributed by atoms with E-state index in [0.29, 0.717) is 12.8 Å². The van der Waals surface area contributed by atoms with Crippen molar-refractivity contribution in [2.24, 2.45) is 0 Å². The maximum Gasteiger partial charge on any atom is 0.481 e. The van der Waals surface area contributed by atoms with Crippen molar-refractivity contribution in [3.8, 4) is 0 Å². The number of aliphatic hydroxyl groups is 3. The molecule has 73 heavy (non-hydrogen) atoms. The number of aliphatic hydroxyl groups excluding tert-OH is 3. The first-order valence-electron chi connectivity index (χ1n) is 26.1. The van der Waals surface area contributed by atoms with E-state index < -0.39 is 89.8 Å². The van der Waals surface area contributed by atoms with Crippen LogP contribution >= 0.6 is 15.6 Å². The fourth-order valence-electron chi connectivity index (χ4n) is 7.36. The van der Waals surface area contributed by atoms with Crippen LogP contribution in [0, 0.1) is 0 Å². The minimum atomic E-state index is -5.49. The lowest BCUT2D eigenvalue weighted by Gasteiger charge is -2.21. The minimum absolute atomic E-state index is 0.0516. The van der Waals surface area contributed by atoms with Crippen molar-refractivity contribution in [2.45, 2.75) is 198 Å². The quantitative estimate of drug-likeness (QED) is 0.0117. The number of aromatic nitrogens is 2. The first-order valence-corrected chi connectivity index (χ1v) is 29.0. The zero-order valence-corrected chi connectivity index (χ0v) is 44.8. The topological polar surface area (TPSA) is 286 Å². The van der Waals surface area contributed by atoms with Crippen molar-refractivity contribution in [3.05, 3.63) is 95.7 Å². The monoisotopic (exact) mass is 1070 g/mol. The van der Waals surface area contributed by atoms with Crippen LogP contribution in [0.3, 0.4) is 0 Å². The second-order valence-electron chi connectivity index (χ2n) is 17.8. The third-order valence-corrected chi connectivity index (χ3v) is 14.0. The number of hydrogen-bond acceptors (Lipinski definition) is 16. The van der Waals surface area contributed by atoms with Gasteiger partial charge in [-0.15, -0.1) is 0 Å². The maximum absolute atomic E-state index is 12.9. The Bertz CT molecular complexity index is 2020. The number of nitrogens with zero attached hydrogens (tertiary/aromatic N) is 2. The Labute approximate surface area is 432 Å². The highest BCUT2D eigenvalue weighted by Gasteiger charge is 2.46. The molecule has 0 saturated carbocycles. The lowest BCUT2D eigenvalue weighted by Crippen LogP contribution is -2.36. The number of nitrogen functional groups attached to an aromatic ring is 1. The van der Waals surface area contributed by atoms with Crippen LogP contribution in [-0.2, 0) is 46.3 Å². The SMILES string of the molecule is CC/C=C\C/C=C\C/C=C\C/C=C\C/C=C\C=C/C(O)CCC(=O)O[C@H](COC(=O)CCCCCCCCCCCCCCCCC)COP(=O)(O)OP(=O)(O)OC[C@H]1O[C@@H](n2ccc(N)nc2=O)[C@H](O)[C@@H]1O. The van der Waals surface area contributed by atoms with Crippen LogP contribution in [0.15, 0.2) is 90.0 Å². The molecule has 1 aliphatic rings. The summed E-state index contributed by atoms with van der Waals surface area (Å²) in [5.41, 5.74) is 4.57. The largest absolute Gasteiger partial charge is 0.481 e. The van der Waals surface area contributed by atoms with E-state index in [1.165, 1.54) is 76.4 Å². The van der Waals surface area contributed by atoms with Gasteiger partial charge in [-0.1, -0.05) is 177 Å². The molecule has 1 aromatic rings. The molecular weight excluding hydrogens is 985 g/mol. The van der Waals surface area contributed by atoms with E-state index in [9.17, 15) is 48.6 Å². The standard InChI is InChI=1S/C52H85N3O16P2/c1-3-5-7-9-11-13-15-17-19-21-22-24-26-28-30-32-34-43(56)36-37-48(58)69-44(40-66-47(57)35-33-31-29-27-25-23-20-18-16-14-12-10-8-6-4-2)41-67-72(62,63)71-73(64,65)68-42-45-49(59)50(60)51(70-45)55-39-38-46(53)54-52(55)61/h5,7,11,13,17,19,22,24,28,30,32,34,38-39,43-45,49-51,56,59-60H,3-4,6,8-10,12,14-16,18,20-21,23,25-27,29,31,33,35-37,40-42H2,1-2H3,(H,62,63)(H,64,65)(H2,53,54,61)/b7-5-,13-11-,19-17-,24-22-,30-28-,34-32-/t43?,44-,45-,49-,50-,51-/m1/s1. The molecule has 2 heterocycles. The lowest BCUT2D eigenvalue weighted by atomic mass is 10.0. The molecular formula is C52H85N3O16P2. The van der Waals surface area contributed by atoms with Gasteiger partial charge in [-0.2, -0.15) is 9.29 Å². The number of phosphoric ester groups is 2. The van der Waals surface area contributed by atoms with Crippen molar-refractivity contribution >= 4 is 33.4 Å². The van der Waals surface area contributed by atoms with Crippen LogP contribution in [0.5, 0.6) is 0 Å². The molecule has 0 amide bonds.